The van der Waals surface area contributed by atoms with Gasteiger partial charge in [-0.15, -0.1) is 23.1 Å². The third-order valence-corrected chi connectivity index (χ3v) is 8.13. The lowest BCUT2D eigenvalue weighted by Gasteiger charge is -2.16. The third-order valence-electron chi connectivity index (χ3n) is 6.57. The number of carbonyl (C=O) groups is 2. The van der Waals surface area contributed by atoms with Gasteiger partial charge in [0.2, 0.25) is 0 Å². The van der Waals surface area contributed by atoms with Gasteiger partial charge < -0.3 is 15.6 Å². The first-order chi connectivity index (χ1) is 19.5. The Morgan fingerprint density at radius 2 is 1.88 bits per heavy atom. The van der Waals surface area contributed by atoms with Crippen molar-refractivity contribution in [3.8, 4) is 11.3 Å². The van der Waals surface area contributed by atoms with Crippen LogP contribution in [-0.4, -0.2) is 39.6 Å². The molecule has 2 amide bonds. The van der Waals surface area contributed by atoms with Crippen LogP contribution in [0.5, 0.6) is 0 Å². The molecular weight excluding hydrogens is 545 g/mol. The van der Waals surface area contributed by atoms with E-state index >= 15 is 0 Å². The number of aromatic nitrogens is 3. The number of fused-ring (bicyclic) bond motifs is 1. The van der Waals surface area contributed by atoms with Crippen LogP contribution >= 0.6 is 23.1 Å². The van der Waals surface area contributed by atoms with E-state index in [0.29, 0.717) is 41.4 Å². The Morgan fingerprint density at radius 3 is 2.67 bits per heavy atom. The predicted octanol–water partition coefficient (Wildman–Crippen LogP) is 6.62. The van der Waals surface area contributed by atoms with Gasteiger partial charge in [-0.05, 0) is 54.5 Å². The van der Waals surface area contributed by atoms with Gasteiger partial charge in [0.1, 0.15) is 16.5 Å². The SMILES string of the molecule is CSc1cccc(F)c1C(=O)NCCCC[C@H](NC(=O)c1cncs1)c1ncc(-c2ccc3ccccc3c2)[nH]1. The number of hydrogen-bond acceptors (Lipinski definition) is 6. The number of hydrogen-bond donors (Lipinski definition) is 3. The second-order valence-corrected chi connectivity index (χ2v) is 10.9. The molecule has 0 fully saturated rings. The molecule has 2 heterocycles. The summed E-state index contributed by atoms with van der Waals surface area (Å²) in [5.74, 6) is -0.520. The van der Waals surface area contributed by atoms with Crippen LogP contribution in [0.25, 0.3) is 22.0 Å². The smallest absolute Gasteiger partial charge is 0.263 e. The molecule has 0 aliphatic rings. The number of thioether (sulfide) groups is 1. The molecule has 3 aromatic carbocycles. The summed E-state index contributed by atoms with van der Waals surface area (Å²) < 4.78 is 14.3. The summed E-state index contributed by atoms with van der Waals surface area (Å²) >= 11 is 2.61. The lowest BCUT2D eigenvalue weighted by atomic mass is 10.1. The lowest BCUT2D eigenvalue weighted by molar-refractivity contribution is 0.0934. The summed E-state index contributed by atoms with van der Waals surface area (Å²) in [5.41, 5.74) is 3.56. The maximum Gasteiger partial charge on any atom is 0.263 e. The average molecular weight is 574 g/mol. The van der Waals surface area contributed by atoms with E-state index in [2.05, 4.69) is 49.9 Å². The number of unbranched alkanes of at least 4 members (excludes halogenated alkanes) is 1. The number of halogens is 1. The van der Waals surface area contributed by atoms with Gasteiger partial charge in [-0.1, -0.05) is 42.5 Å². The van der Waals surface area contributed by atoms with E-state index in [1.54, 1.807) is 30.0 Å². The van der Waals surface area contributed by atoms with E-state index in [1.165, 1.54) is 29.2 Å². The minimum Gasteiger partial charge on any atom is -0.352 e. The number of H-pyrrole nitrogens is 1. The van der Waals surface area contributed by atoms with Crippen molar-refractivity contribution in [2.24, 2.45) is 0 Å². The van der Waals surface area contributed by atoms with Crippen molar-refractivity contribution in [1.29, 1.82) is 0 Å². The molecule has 10 heteroatoms. The largest absolute Gasteiger partial charge is 0.352 e. The van der Waals surface area contributed by atoms with Gasteiger partial charge in [0.25, 0.3) is 11.8 Å². The van der Waals surface area contributed by atoms with Crippen LogP contribution in [0.15, 0.2) is 83.5 Å². The van der Waals surface area contributed by atoms with E-state index in [4.69, 9.17) is 0 Å². The zero-order chi connectivity index (χ0) is 27.9. The Balaban J connectivity index is 1.25. The highest BCUT2D eigenvalue weighted by Crippen LogP contribution is 2.26. The molecule has 7 nitrogen and oxygen atoms in total. The van der Waals surface area contributed by atoms with Crippen LogP contribution in [-0.2, 0) is 0 Å². The molecule has 0 saturated carbocycles. The van der Waals surface area contributed by atoms with E-state index in [-0.39, 0.29) is 17.5 Å². The number of thiazole rings is 1. The molecule has 1 atom stereocenters. The van der Waals surface area contributed by atoms with Crippen molar-refractivity contribution in [3.63, 3.8) is 0 Å². The highest BCUT2D eigenvalue weighted by molar-refractivity contribution is 7.98. The van der Waals surface area contributed by atoms with Gasteiger partial charge >= 0.3 is 0 Å². The molecule has 5 aromatic rings. The van der Waals surface area contributed by atoms with E-state index in [0.717, 1.165) is 22.0 Å². The van der Waals surface area contributed by atoms with Crippen molar-refractivity contribution in [3.05, 3.63) is 101 Å². The van der Waals surface area contributed by atoms with Gasteiger partial charge in [-0.3, -0.25) is 14.6 Å². The quantitative estimate of drug-likeness (QED) is 0.122. The predicted molar refractivity (Wildman–Crippen MR) is 158 cm³/mol. The normalized spacial score (nSPS) is 11.8. The van der Waals surface area contributed by atoms with Crippen LogP contribution in [0.4, 0.5) is 4.39 Å². The first-order valence-electron chi connectivity index (χ1n) is 12.9. The number of rotatable bonds is 11. The third kappa shape index (κ3) is 6.40. The summed E-state index contributed by atoms with van der Waals surface area (Å²) in [4.78, 5) is 38.6. The lowest BCUT2D eigenvalue weighted by Crippen LogP contribution is -2.29. The minimum atomic E-state index is -0.532. The highest BCUT2D eigenvalue weighted by atomic mass is 32.2. The van der Waals surface area contributed by atoms with Gasteiger partial charge in [-0.2, -0.15) is 0 Å². The summed E-state index contributed by atoms with van der Waals surface area (Å²) in [5, 5.41) is 8.19. The maximum absolute atomic E-state index is 14.3. The van der Waals surface area contributed by atoms with Crippen LogP contribution in [0.1, 0.15) is 51.2 Å². The van der Waals surface area contributed by atoms with Gasteiger partial charge in [0, 0.05) is 17.0 Å². The van der Waals surface area contributed by atoms with Gasteiger partial charge in [-0.25, -0.2) is 9.37 Å². The van der Waals surface area contributed by atoms with Crippen molar-refractivity contribution >= 4 is 45.7 Å². The molecule has 40 heavy (non-hydrogen) atoms. The number of amides is 2. The van der Waals surface area contributed by atoms with Gasteiger partial charge in [0.15, 0.2) is 0 Å². The van der Waals surface area contributed by atoms with Crippen molar-refractivity contribution < 1.29 is 14.0 Å². The average Bonchev–Trinajstić information content (AvgIpc) is 3.69. The molecular formula is C30H28FN5O2S2. The monoisotopic (exact) mass is 573 g/mol. The Labute approximate surface area is 239 Å². The van der Waals surface area contributed by atoms with Crippen LogP contribution in [0, 0.1) is 5.82 Å². The fraction of sp³-hybridized carbons (Fsp3) is 0.200. The number of nitrogens with zero attached hydrogens (tertiary/aromatic N) is 2. The number of nitrogens with one attached hydrogen (secondary N) is 3. The summed E-state index contributed by atoms with van der Waals surface area (Å²) in [6, 6.07) is 18.7. The zero-order valence-electron chi connectivity index (χ0n) is 21.8. The molecule has 2 aromatic heterocycles. The van der Waals surface area contributed by atoms with Crippen molar-refractivity contribution in [1.82, 2.24) is 25.6 Å². The second-order valence-electron chi connectivity index (χ2n) is 9.20. The Morgan fingerprint density at radius 1 is 1.02 bits per heavy atom. The van der Waals surface area contributed by atoms with Crippen LogP contribution in [0.3, 0.4) is 0 Å². The van der Waals surface area contributed by atoms with Crippen LogP contribution < -0.4 is 10.6 Å². The standard InChI is InChI=1S/C30H28FN5O2S2/c1-39-25-11-6-9-22(31)27(25)30(38)33-14-5-4-10-23(36-29(37)26-17-32-18-40-26)28-34-16-24(35-28)21-13-12-19-7-2-3-8-20(19)15-21/h2-3,6-9,11-13,15-18,23H,4-5,10,14H2,1H3,(H,33,38)(H,34,35)(H,36,37)/t23-/m0/s1. The first kappa shape index (κ1) is 27.5. The van der Waals surface area contributed by atoms with E-state index < -0.39 is 11.7 Å². The number of benzene rings is 3. The molecule has 0 unspecified atom stereocenters. The molecule has 0 aliphatic heterocycles. The molecule has 5 rings (SSSR count). The topological polar surface area (TPSA) is 99.8 Å². The number of imidazole rings is 1. The molecule has 0 bridgehead atoms. The Hall–Kier alpha value is -4.02. The Bertz CT molecular complexity index is 1620. The fourth-order valence-corrected chi connectivity index (χ4v) is 5.64. The summed E-state index contributed by atoms with van der Waals surface area (Å²) in [6.45, 7) is 0.386. The fourth-order valence-electron chi connectivity index (χ4n) is 4.51. The molecule has 0 aliphatic carbocycles. The van der Waals surface area contributed by atoms with E-state index in [1.807, 2.05) is 24.5 Å². The second kappa shape index (κ2) is 12.9. The van der Waals surface area contributed by atoms with Crippen molar-refractivity contribution in [2.75, 3.05) is 12.8 Å². The molecule has 0 radical (unpaired) electrons. The van der Waals surface area contributed by atoms with Gasteiger partial charge in [0.05, 0.1) is 35.2 Å². The minimum absolute atomic E-state index is 0.0708. The Kier molecular flexibility index (Phi) is 8.87. The van der Waals surface area contributed by atoms with Crippen LogP contribution in [0.2, 0.25) is 0 Å². The molecule has 3 N–H and O–H groups in total. The zero-order valence-corrected chi connectivity index (χ0v) is 23.4. The molecule has 0 saturated heterocycles. The maximum atomic E-state index is 14.3. The van der Waals surface area contributed by atoms with E-state index in [9.17, 15) is 14.0 Å². The number of carbonyl (C=O) groups excluding carboxylic acids is 2. The molecule has 204 valence electrons. The first-order valence-corrected chi connectivity index (χ1v) is 15.0. The highest BCUT2D eigenvalue weighted by Gasteiger charge is 2.20. The molecule has 0 spiro atoms. The van der Waals surface area contributed by atoms with Crippen molar-refractivity contribution in [2.45, 2.75) is 30.2 Å². The summed E-state index contributed by atoms with van der Waals surface area (Å²) in [6.07, 6.45) is 7.09. The summed E-state index contributed by atoms with van der Waals surface area (Å²) in [7, 11) is 0. The number of aromatic amines is 1.